The molecule has 0 fully saturated rings. The monoisotopic (exact) mass is 302 g/mol. The lowest BCUT2D eigenvalue weighted by Crippen LogP contribution is -2.43. The standard InChI is InChI=1S/C17H38O2Si/c1-10-13(2)11-14(3)16(18)15(4)12-19-20(8,9)17(5,6)7/h13-16,18H,10-12H2,1-9H3/t13-,14-,15-,16+/m1/s1. The summed E-state index contributed by atoms with van der Waals surface area (Å²) in [5, 5.41) is 10.7. The van der Waals surface area contributed by atoms with E-state index < -0.39 is 8.32 Å². The summed E-state index contributed by atoms with van der Waals surface area (Å²) < 4.78 is 6.24. The van der Waals surface area contributed by atoms with E-state index in [4.69, 9.17) is 4.43 Å². The quantitative estimate of drug-likeness (QED) is 0.634. The molecule has 0 saturated carbocycles. The third-order valence-corrected chi connectivity index (χ3v) is 9.65. The van der Waals surface area contributed by atoms with Gasteiger partial charge < -0.3 is 9.53 Å². The molecule has 0 unspecified atom stereocenters. The zero-order valence-corrected chi connectivity index (χ0v) is 16.3. The van der Waals surface area contributed by atoms with Gasteiger partial charge >= 0.3 is 0 Å². The van der Waals surface area contributed by atoms with E-state index in [1.807, 2.05) is 0 Å². The van der Waals surface area contributed by atoms with Crippen molar-refractivity contribution >= 4 is 8.32 Å². The predicted molar refractivity (Wildman–Crippen MR) is 91.6 cm³/mol. The van der Waals surface area contributed by atoms with E-state index in [0.717, 1.165) is 6.42 Å². The molecule has 0 radical (unpaired) electrons. The van der Waals surface area contributed by atoms with Gasteiger partial charge in [-0.1, -0.05) is 54.9 Å². The van der Waals surface area contributed by atoms with Crippen LogP contribution in [0.15, 0.2) is 0 Å². The second kappa shape index (κ2) is 7.95. The maximum absolute atomic E-state index is 10.5. The van der Waals surface area contributed by atoms with Crippen molar-refractivity contribution in [2.24, 2.45) is 17.8 Å². The van der Waals surface area contributed by atoms with Gasteiger partial charge in [0, 0.05) is 12.5 Å². The van der Waals surface area contributed by atoms with Gasteiger partial charge in [-0.2, -0.15) is 0 Å². The number of hydrogen-bond donors (Lipinski definition) is 1. The van der Waals surface area contributed by atoms with Gasteiger partial charge in [-0.15, -0.1) is 0 Å². The smallest absolute Gasteiger partial charge is 0.191 e. The fourth-order valence-corrected chi connectivity index (χ4v) is 3.27. The number of hydrogen-bond acceptors (Lipinski definition) is 2. The Hall–Kier alpha value is 0.137. The van der Waals surface area contributed by atoms with Crippen LogP contribution in [0.5, 0.6) is 0 Å². The second-order valence-corrected chi connectivity index (χ2v) is 13.1. The molecular formula is C17H38O2Si. The average molecular weight is 303 g/mol. The molecule has 3 heteroatoms. The topological polar surface area (TPSA) is 29.5 Å². The van der Waals surface area contributed by atoms with Crippen molar-refractivity contribution in [1.82, 2.24) is 0 Å². The summed E-state index contributed by atoms with van der Waals surface area (Å²) in [7, 11) is -1.70. The van der Waals surface area contributed by atoms with Gasteiger partial charge in [-0.05, 0) is 36.4 Å². The summed E-state index contributed by atoms with van der Waals surface area (Å²) in [4.78, 5) is 0. The minimum Gasteiger partial charge on any atom is -0.416 e. The van der Waals surface area contributed by atoms with Crippen LogP contribution in [-0.2, 0) is 4.43 Å². The molecule has 0 saturated heterocycles. The molecule has 0 aliphatic rings. The summed E-state index contributed by atoms with van der Waals surface area (Å²) >= 11 is 0. The number of aliphatic hydroxyl groups excluding tert-OH is 1. The lowest BCUT2D eigenvalue weighted by molar-refractivity contribution is 0.0312. The van der Waals surface area contributed by atoms with Crippen molar-refractivity contribution in [3.63, 3.8) is 0 Å². The molecule has 0 aromatic carbocycles. The van der Waals surface area contributed by atoms with Gasteiger partial charge in [-0.3, -0.25) is 0 Å². The fraction of sp³-hybridized carbons (Fsp3) is 1.00. The van der Waals surface area contributed by atoms with Gasteiger partial charge in [0.2, 0.25) is 0 Å². The first-order chi connectivity index (χ1) is 8.92. The van der Waals surface area contributed by atoms with Gasteiger partial charge in [0.25, 0.3) is 0 Å². The minimum absolute atomic E-state index is 0.211. The van der Waals surface area contributed by atoms with Crippen LogP contribution in [0.3, 0.4) is 0 Å². The molecule has 0 rings (SSSR count). The van der Waals surface area contributed by atoms with Crippen LogP contribution in [0, 0.1) is 17.8 Å². The second-order valence-electron chi connectivity index (χ2n) is 8.27. The molecule has 122 valence electrons. The third kappa shape index (κ3) is 6.27. The van der Waals surface area contributed by atoms with Crippen molar-refractivity contribution in [2.75, 3.05) is 6.61 Å². The van der Waals surface area contributed by atoms with Crippen LogP contribution < -0.4 is 0 Å². The van der Waals surface area contributed by atoms with Crippen LogP contribution >= 0.6 is 0 Å². The molecule has 2 nitrogen and oxygen atoms in total. The Morgan fingerprint density at radius 2 is 1.55 bits per heavy atom. The Bertz CT molecular complexity index is 271. The average Bonchev–Trinajstić information content (AvgIpc) is 2.33. The molecule has 1 N–H and O–H groups in total. The molecule has 4 atom stereocenters. The van der Waals surface area contributed by atoms with Crippen molar-refractivity contribution < 1.29 is 9.53 Å². The van der Waals surface area contributed by atoms with Crippen LogP contribution in [0.1, 0.15) is 61.3 Å². The summed E-state index contributed by atoms with van der Waals surface area (Å²) in [5.74, 6) is 1.25. The first-order valence-corrected chi connectivity index (χ1v) is 11.1. The first kappa shape index (κ1) is 20.1. The van der Waals surface area contributed by atoms with Crippen molar-refractivity contribution in [3.8, 4) is 0 Å². The fourth-order valence-electron chi connectivity index (χ4n) is 2.16. The maximum Gasteiger partial charge on any atom is 0.191 e. The van der Waals surface area contributed by atoms with E-state index in [2.05, 4.69) is 61.6 Å². The maximum atomic E-state index is 10.5. The summed E-state index contributed by atoms with van der Waals surface area (Å²) in [5.41, 5.74) is 0. The zero-order chi connectivity index (χ0) is 16.1. The highest BCUT2D eigenvalue weighted by atomic mass is 28.4. The SMILES string of the molecule is CC[C@@H](C)C[C@@H](C)[C@H](O)[C@H](C)CO[Si](C)(C)C(C)(C)C. The molecule has 20 heavy (non-hydrogen) atoms. The van der Waals surface area contributed by atoms with Crippen LogP contribution in [0.2, 0.25) is 18.1 Å². The van der Waals surface area contributed by atoms with Gasteiger partial charge in [0.05, 0.1) is 6.10 Å². The number of rotatable bonds is 8. The van der Waals surface area contributed by atoms with Crippen LogP contribution in [0.4, 0.5) is 0 Å². The predicted octanol–water partition coefficient (Wildman–Crippen LogP) is 5.08. The Morgan fingerprint density at radius 3 is 1.95 bits per heavy atom. The lowest BCUT2D eigenvalue weighted by atomic mass is 9.86. The molecular weight excluding hydrogens is 264 g/mol. The Labute approximate surface area is 128 Å². The van der Waals surface area contributed by atoms with E-state index in [-0.39, 0.29) is 17.1 Å². The van der Waals surface area contributed by atoms with Gasteiger partial charge in [0.1, 0.15) is 0 Å². The van der Waals surface area contributed by atoms with Gasteiger partial charge in [0.15, 0.2) is 8.32 Å². The highest BCUT2D eigenvalue weighted by Crippen LogP contribution is 2.37. The largest absolute Gasteiger partial charge is 0.416 e. The minimum atomic E-state index is -1.70. The van der Waals surface area contributed by atoms with Crippen molar-refractivity contribution in [3.05, 3.63) is 0 Å². The Kier molecular flexibility index (Phi) is 8.01. The Balaban J connectivity index is 4.37. The van der Waals surface area contributed by atoms with E-state index in [0.29, 0.717) is 18.4 Å². The Morgan fingerprint density at radius 1 is 1.05 bits per heavy atom. The molecule has 0 amide bonds. The molecule has 0 aromatic rings. The summed E-state index contributed by atoms with van der Waals surface area (Å²) in [6.07, 6.45) is 2.03. The molecule has 0 aliphatic carbocycles. The molecule has 0 aliphatic heterocycles. The normalized spacial score (nSPS) is 19.5. The highest BCUT2D eigenvalue weighted by molar-refractivity contribution is 6.74. The van der Waals surface area contributed by atoms with Crippen LogP contribution in [0.25, 0.3) is 0 Å². The molecule has 0 aromatic heterocycles. The van der Waals surface area contributed by atoms with E-state index in [1.54, 1.807) is 0 Å². The molecule has 0 bridgehead atoms. The summed E-state index contributed by atoms with van der Waals surface area (Å²) in [6, 6.07) is 0. The van der Waals surface area contributed by atoms with E-state index >= 15 is 0 Å². The lowest BCUT2D eigenvalue weighted by Gasteiger charge is -2.38. The summed E-state index contributed by atoms with van der Waals surface area (Å²) in [6.45, 7) is 20.8. The van der Waals surface area contributed by atoms with E-state index in [1.165, 1.54) is 6.42 Å². The number of aliphatic hydroxyl groups is 1. The molecule has 0 heterocycles. The van der Waals surface area contributed by atoms with Crippen LogP contribution in [-0.4, -0.2) is 26.1 Å². The van der Waals surface area contributed by atoms with Crippen molar-refractivity contribution in [1.29, 1.82) is 0 Å². The first-order valence-electron chi connectivity index (χ1n) is 8.24. The van der Waals surface area contributed by atoms with Crippen molar-refractivity contribution in [2.45, 2.75) is 85.5 Å². The van der Waals surface area contributed by atoms with Gasteiger partial charge in [-0.25, -0.2) is 0 Å². The molecule has 0 spiro atoms. The highest BCUT2D eigenvalue weighted by Gasteiger charge is 2.38. The van der Waals surface area contributed by atoms with E-state index in [9.17, 15) is 5.11 Å². The third-order valence-electron chi connectivity index (χ3n) is 5.15. The zero-order valence-electron chi connectivity index (χ0n) is 15.3.